The zero-order valence-corrected chi connectivity index (χ0v) is 11.0. The number of ketones is 1. The lowest BCUT2D eigenvalue weighted by molar-refractivity contribution is 0.104. The van der Waals surface area contributed by atoms with Crippen molar-refractivity contribution in [3.05, 3.63) is 64.4 Å². The standard InChI is InChI=1S/C14H10BrNO2/c15-11-4-6-14(18)12(8-11)13(17)5-3-10-2-1-7-16-9-10/h1-9,18H/b5-3+. The average molecular weight is 304 g/mol. The molecule has 0 radical (unpaired) electrons. The highest BCUT2D eigenvalue weighted by Gasteiger charge is 2.08. The van der Waals surface area contributed by atoms with E-state index in [4.69, 9.17) is 0 Å². The molecule has 3 nitrogen and oxygen atoms in total. The van der Waals surface area contributed by atoms with E-state index in [-0.39, 0.29) is 17.1 Å². The van der Waals surface area contributed by atoms with Crippen LogP contribution in [0.15, 0.2) is 53.3 Å². The van der Waals surface area contributed by atoms with Crippen LogP contribution in [0.25, 0.3) is 6.08 Å². The van der Waals surface area contributed by atoms with Crippen LogP contribution in [0.1, 0.15) is 15.9 Å². The van der Waals surface area contributed by atoms with Crippen molar-refractivity contribution >= 4 is 27.8 Å². The van der Waals surface area contributed by atoms with Gasteiger partial charge in [-0.15, -0.1) is 0 Å². The number of rotatable bonds is 3. The van der Waals surface area contributed by atoms with Gasteiger partial charge in [-0.1, -0.05) is 22.0 Å². The normalized spacial score (nSPS) is 10.7. The summed E-state index contributed by atoms with van der Waals surface area (Å²) in [4.78, 5) is 15.9. The molecule has 0 bridgehead atoms. The van der Waals surface area contributed by atoms with Gasteiger partial charge in [0.1, 0.15) is 5.75 Å². The number of pyridine rings is 1. The van der Waals surface area contributed by atoms with Gasteiger partial charge in [0.2, 0.25) is 0 Å². The number of benzene rings is 1. The first-order valence-electron chi connectivity index (χ1n) is 5.28. The molecule has 1 heterocycles. The summed E-state index contributed by atoms with van der Waals surface area (Å²) in [7, 11) is 0. The maximum Gasteiger partial charge on any atom is 0.189 e. The van der Waals surface area contributed by atoms with Crippen molar-refractivity contribution < 1.29 is 9.90 Å². The average Bonchev–Trinajstić information content (AvgIpc) is 2.40. The summed E-state index contributed by atoms with van der Waals surface area (Å²) < 4.78 is 0.749. The number of hydrogen-bond acceptors (Lipinski definition) is 3. The predicted molar refractivity (Wildman–Crippen MR) is 73.4 cm³/mol. The fourth-order valence-electron chi connectivity index (χ4n) is 1.44. The molecule has 0 saturated heterocycles. The summed E-state index contributed by atoms with van der Waals surface area (Å²) in [5, 5.41) is 9.61. The van der Waals surface area contributed by atoms with E-state index >= 15 is 0 Å². The molecule has 0 fully saturated rings. The van der Waals surface area contributed by atoms with Gasteiger partial charge < -0.3 is 5.11 Å². The Bertz CT molecular complexity index is 594. The van der Waals surface area contributed by atoms with Crippen LogP contribution in [0.3, 0.4) is 0 Å². The fourth-order valence-corrected chi connectivity index (χ4v) is 1.80. The smallest absolute Gasteiger partial charge is 0.189 e. The third-order valence-corrected chi connectivity index (χ3v) is 2.83. The number of halogens is 1. The largest absolute Gasteiger partial charge is 0.507 e. The summed E-state index contributed by atoms with van der Waals surface area (Å²) >= 11 is 3.26. The molecule has 1 aromatic heterocycles. The number of nitrogens with zero attached hydrogens (tertiary/aromatic N) is 1. The molecule has 1 N–H and O–H groups in total. The van der Waals surface area contributed by atoms with Crippen LogP contribution in [-0.4, -0.2) is 15.9 Å². The van der Waals surface area contributed by atoms with E-state index in [0.717, 1.165) is 10.0 Å². The number of carbonyl (C=O) groups is 1. The summed E-state index contributed by atoms with van der Waals surface area (Å²) in [6.07, 6.45) is 6.40. The zero-order chi connectivity index (χ0) is 13.0. The van der Waals surface area contributed by atoms with Crippen LogP contribution in [0, 0.1) is 0 Å². The minimum absolute atomic E-state index is 0.0287. The summed E-state index contributed by atoms with van der Waals surface area (Å²) in [6.45, 7) is 0. The second kappa shape index (κ2) is 5.60. The zero-order valence-electron chi connectivity index (χ0n) is 9.38. The van der Waals surface area contributed by atoms with Crippen molar-refractivity contribution in [3.8, 4) is 5.75 Å². The molecule has 0 spiro atoms. The van der Waals surface area contributed by atoms with Crippen LogP contribution >= 0.6 is 15.9 Å². The third-order valence-electron chi connectivity index (χ3n) is 2.34. The second-order valence-corrected chi connectivity index (χ2v) is 4.56. The molecule has 90 valence electrons. The lowest BCUT2D eigenvalue weighted by Crippen LogP contribution is -1.94. The minimum Gasteiger partial charge on any atom is -0.507 e. The first-order valence-corrected chi connectivity index (χ1v) is 6.07. The first kappa shape index (κ1) is 12.5. The summed E-state index contributed by atoms with van der Waals surface area (Å²) in [5.41, 5.74) is 1.10. The molecule has 0 unspecified atom stereocenters. The van der Waals surface area contributed by atoms with Crippen LogP contribution in [-0.2, 0) is 0 Å². The Morgan fingerprint density at radius 2 is 2.17 bits per heavy atom. The quantitative estimate of drug-likeness (QED) is 0.698. The second-order valence-electron chi connectivity index (χ2n) is 3.65. The SMILES string of the molecule is O=C(/C=C/c1cccnc1)c1cc(Br)ccc1O. The maximum atomic E-state index is 11.9. The summed E-state index contributed by atoms with van der Waals surface area (Å²) in [6, 6.07) is 8.38. The number of allylic oxidation sites excluding steroid dienone is 1. The predicted octanol–water partition coefficient (Wildman–Crippen LogP) is 3.45. The van der Waals surface area contributed by atoms with E-state index in [1.54, 1.807) is 36.7 Å². The van der Waals surface area contributed by atoms with Crippen molar-refractivity contribution in [2.24, 2.45) is 0 Å². The van der Waals surface area contributed by atoms with E-state index in [0.29, 0.717) is 0 Å². The monoisotopic (exact) mass is 303 g/mol. The Labute approximate surface area is 113 Å². The molecule has 0 saturated carbocycles. The third kappa shape index (κ3) is 3.05. The molecule has 0 amide bonds. The van der Waals surface area contributed by atoms with Gasteiger partial charge in [0, 0.05) is 16.9 Å². The Kier molecular flexibility index (Phi) is 3.89. The Balaban J connectivity index is 2.22. The van der Waals surface area contributed by atoms with Crippen molar-refractivity contribution in [2.45, 2.75) is 0 Å². The summed E-state index contributed by atoms with van der Waals surface area (Å²) in [5.74, 6) is -0.281. The van der Waals surface area contributed by atoms with E-state index in [2.05, 4.69) is 20.9 Å². The van der Waals surface area contributed by atoms with Crippen molar-refractivity contribution in [1.82, 2.24) is 4.98 Å². The number of carbonyl (C=O) groups excluding carboxylic acids is 1. The molecule has 0 aliphatic heterocycles. The van der Waals surface area contributed by atoms with Crippen LogP contribution < -0.4 is 0 Å². The minimum atomic E-state index is -0.252. The van der Waals surface area contributed by atoms with Crippen LogP contribution in [0.5, 0.6) is 5.75 Å². The Morgan fingerprint density at radius 3 is 2.89 bits per heavy atom. The highest BCUT2D eigenvalue weighted by Crippen LogP contribution is 2.22. The molecule has 2 rings (SSSR count). The van der Waals surface area contributed by atoms with Gasteiger partial charge in [-0.2, -0.15) is 0 Å². The molecular formula is C14H10BrNO2. The molecule has 4 heteroatoms. The fraction of sp³-hybridized carbons (Fsp3) is 0. The van der Waals surface area contributed by atoms with E-state index < -0.39 is 0 Å². The van der Waals surface area contributed by atoms with Gasteiger partial charge in [0.05, 0.1) is 5.56 Å². The molecule has 0 atom stereocenters. The van der Waals surface area contributed by atoms with Gasteiger partial charge in [0.25, 0.3) is 0 Å². The topological polar surface area (TPSA) is 50.2 Å². The van der Waals surface area contributed by atoms with Gasteiger partial charge in [-0.05, 0) is 42.0 Å². The maximum absolute atomic E-state index is 11.9. The van der Waals surface area contributed by atoms with Crippen LogP contribution in [0.2, 0.25) is 0 Å². The first-order chi connectivity index (χ1) is 8.66. The molecular weight excluding hydrogens is 294 g/mol. The van der Waals surface area contributed by atoms with E-state index in [9.17, 15) is 9.90 Å². The molecule has 2 aromatic rings. The van der Waals surface area contributed by atoms with E-state index in [1.165, 1.54) is 12.1 Å². The molecule has 18 heavy (non-hydrogen) atoms. The molecule has 0 aliphatic rings. The van der Waals surface area contributed by atoms with Gasteiger partial charge in [-0.25, -0.2) is 0 Å². The molecule has 1 aromatic carbocycles. The number of phenols is 1. The Hall–Kier alpha value is -1.94. The van der Waals surface area contributed by atoms with Crippen molar-refractivity contribution in [2.75, 3.05) is 0 Å². The van der Waals surface area contributed by atoms with Gasteiger partial charge in [0.15, 0.2) is 5.78 Å². The highest BCUT2D eigenvalue weighted by atomic mass is 79.9. The number of hydrogen-bond donors (Lipinski definition) is 1. The lowest BCUT2D eigenvalue weighted by Gasteiger charge is -2.00. The van der Waals surface area contributed by atoms with Crippen LogP contribution in [0.4, 0.5) is 0 Å². The Morgan fingerprint density at radius 1 is 1.33 bits per heavy atom. The number of aromatic nitrogens is 1. The van der Waals surface area contributed by atoms with E-state index in [1.807, 2.05) is 6.07 Å². The van der Waals surface area contributed by atoms with Crippen molar-refractivity contribution in [3.63, 3.8) is 0 Å². The lowest BCUT2D eigenvalue weighted by atomic mass is 10.1. The molecule has 0 aliphatic carbocycles. The highest BCUT2D eigenvalue weighted by molar-refractivity contribution is 9.10. The van der Waals surface area contributed by atoms with Gasteiger partial charge >= 0.3 is 0 Å². The van der Waals surface area contributed by atoms with Gasteiger partial charge in [-0.3, -0.25) is 9.78 Å². The number of phenolic OH excluding ortho intramolecular Hbond substituents is 1. The number of aromatic hydroxyl groups is 1. The van der Waals surface area contributed by atoms with Crippen molar-refractivity contribution in [1.29, 1.82) is 0 Å².